The van der Waals surface area contributed by atoms with E-state index in [4.69, 9.17) is 0 Å². The van der Waals surface area contributed by atoms with Crippen LogP contribution in [0.15, 0.2) is 23.4 Å². The van der Waals surface area contributed by atoms with E-state index in [1.54, 1.807) is 0 Å². The Balaban J connectivity index is 2.16. The molecule has 1 unspecified atom stereocenters. The van der Waals surface area contributed by atoms with Gasteiger partial charge in [-0.05, 0) is 24.8 Å². The van der Waals surface area contributed by atoms with Crippen LogP contribution in [-0.2, 0) is 10.0 Å². The van der Waals surface area contributed by atoms with Crippen molar-refractivity contribution in [3.63, 3.8) is 0 Å². The lowest BCUT2D eigenvalue weighted by Gasteiger charge is -2.26. The predicted molar refractivity (Wildman–Crippen MR) is 70.5 cm³/mol. The largest absolute Gasteiger partial charge is 0.260 e. The summed E-state index contributed by atoms with van der Waals surface area (Å²) in [5.74, 6) is -0.705. The quantitative estimate of drug-likeness (QED) is 0.921. The normalized spacial score (nSPS) is 18.4. The number of nitriles is 1. The van der Waals surface area contributed by atoms with Crippen LogP contribution >= 0.6 is 0 Å². The van der Waals surface area contributed by atoms with Crippen molar-refractivity contribution in [1.82, 2.24) is 9.71 Å². The average Bonchev–Trinajstić information content (AvgIpc) is 2.46. The summed E-state index contributed by atoms with van der Waals surface area (Å²) in [6.07, 6.45) is 6.81. The first-order valence-electron chi connectivity index (χ1n) is 6.55. The molecule has 1 N–H and O–H groups in total. The van der Waals surface area contributed by atoms with Gasteiger partial charge in [-0.25, -0.2) is 12.8 Å². The Bertz CT molecular complexity index is 606. The molecule has 1 saturated carbocycles. The number of aromatic nitrogens is 1. The fourth-order valence-corrected chi connectivity index (χ4v) is 3.65. The molecule has 0 bridgehead atoms. The molecular weight excluding hydrogens is 281 g/mol. The first-order chi connectivity index (χ1) is 9.53. The minimum Gasteiger partial charge on any atom is -0.260 e. The molecule has 1 aliphatic carbocycles. The van der Waals surface area contributed by atoms with Gasteiger partial charge in [-0.2, -0.15) is 9.98 Å². The van der Waals surface area contributed by atoms with E-state index >= 15 is 0 Å². The molecule has 5 nitrogen and oxygen atoms in total. The van der Waals surface area contributed by atoms with Gasteiger partial charge >= 0.3 is 0 Å². The Kier molecular flexibility index (Phi) is 4.68. The second-order valence-electron chi connectivity index (χ2n) is 4.97. The summed E-state index contributed by atoms with van der Waals surface area (Å²) >= 11 is 0. The number of rotatable bonds is 4. The molecule has 1 aromatic rings. The zero-order chi connectivity index (χ0) is 14.6. The van der Waals surface area contributed by atoms with Crippen molar-refractivity contribution in [2.24, 2.45) is 5.92 Å². The second-order valence-corrected chi connectivity index (χ2v) is 6.68. The molecule has 0 radical (unpaired) electrons. The highest BCUT2D eigenvalue weighted by atomic mass is 32.2. The van der Waals surface area contributed by atoms with E-state index < -0.39 is 21.9 Å². The van der Waals surface area contributed by atoms with Crippen LogP contribution in [0.3, 0.4) is 0 Å². The number of nitrogens with one attached hydrogen (secondary N) is 1. The monoisotopic (exact) mass is 297 g/mol. The highest BCUT2D eigenvalue weighted by Gasteiger charge is 2.28. The van der Waals surface area contributed by atoms with Gasteiger partial charge in [0.05, 0.1) is 12.3 Å². The number of hydrogen-bond acceptors (Lipinski definition) is 4. The molecule has 2 rings (SSSR count). The van der Waals surface area contributed by atoms with E-state index in [1.165, 1.54) is 0 Å². The molecule has 20 heavy (non-hydrogen) atoms. The summed E-state index contributed by atoms with van der Waals surface area (Å²) in [5.41, 5.74) is 0. The molecular formula is C13H16FN3O2S. The third kappa shape index (κ3) is 3.52. The third-order valence-corrected chi connectivity index (χ3v) is 4.94. The Hall–Kier alpha value is -1.52. The lowest BCUT2D eigenvalue weighted by molar-refractivity contribution is 0.324. The molecule has 0 aromatic carbocycles. The van der Waals surface area contributed by atoms with E-state index in [2.05, 4.69) is 9.71 Å². The SMILES string of the molecule is N#CC(NS(=O)(=O)c1cncc(F)c1)C1CCCCC1. The Labute approximate surface area is 117 Å². The van der Waals surface area contributed by atoms with Crippen LogP contribution in [-0.4, -0.2) is 19.4 Å². The van der Waals surface area contributed by atoms with Gasteiger partial charge in [0.25, 0.3) is 0 Å². The molecule has 1 fully saturated rings. The summed E-state index contributed by atoms with van der Waals surface area (Å²) in [6.45, 7) is 0. The van der Waals surface area contributed by atoms with Crippen molar-refractivity contribution in [3.05, 3.63) is 24.3 Å². The first kappa shape index (κ1) is 14.9. The zero-order valence-electron chi connectivity index (χ0n) is 10.9. The molecule has 108 valence electrons. The Morgan fingerprint density at radius 1 is 1.35 bits per heavy atom. The lowest BCUT2D eigenvalue weighted by Crippen LogP contribution is -2.40. The fraction of sp³-hybridized carbons (Fsp3) is 0.538. The maximum Gasteiger partial charge on any atom is 0.243 e. The minimum atomic E-state index is -3.92. The van der Waals surface area contributed by atoms with Crippen LogP contribution in [0.4, 0.5) is 4.39 Å². The molecule has 0 amide bonds. The maximum absolute atomic E-state index is 13.1. The number of halogens is 1. The number of pyridine rings is 1. The first-order valence-corrected chi connectivity index (χ1v) is 8.04. The van der Waals surface area contributed by atoms with Gasteiger partial charge in [-0.3, -0.25) is 4.98 Å². The van der Waals surface area contributed by atoms with Crippen molar-refractivity contribution >= 4 is 10.0 Å². The van der Waals surface area contributed by atoms with Gasteiger partial charge in [0.2, 0.25) is 10.0 Å². The molecule has 1 aliphatic rings. The maximum atomic E-state index is 13.1. The van der Waals surface area contributed by atoms with Gasteiger partial charge in [0.15, 0.2) is 0 Å². The van der Waals surface area contributed by atoms with E-state index in [0.29, 0.717) is 0 Å². The van der Waals surface area contributed by atoms with Gasteiger partial charge in [0, 0.05) is 6.20 Å². The molecule has 7 heteroatoms. The van der Waals surface area contributed by atoms with E-state index in [-0.39, 0.29) is 10.8 Å². The highest BCUT2D eigenvalue weighted by molar-refractivity contribution is 7.89. The van der Waals surface area contributed by atoms with Gasteiger partial charge < -0.3 is 0 Å². The van der Waals surface area contributed by atoms with Crippen LogP contribution in [0.5, 0.6) is 0 Å². The lowest BCUT2D eigenvalue weighted by atomic mass is 9.85. The molecule has 1 atom stereocenters. The summed E-state index contributed by atoms with van der Waals surface area (Å²) < 4.78 is 39.7. The Morgan fingerprint density at radius 3 is 2.65 bits per heavy atom. The van der Waals surface area contributed by atoms with Crippen molar-refractivity contribution in [3.8, 4) is 6.07 Å². The Morgan fingerprint density at radius 2 is 2.05 bits per heavy atom. The standard InChI is InChI=1S/C13H16FN3O2S/c14-11-6-12(9-16-8-11)20(18,19)17-13(7-15)10-4-2-1-3-5-10/h6,8-10,13,17H,1-5H2. The number of nitrogens with zero attached hydrogens (tertiary/aromatic N) is 2. The van der Waals surface area contributed by atoms with E-state index in [9.17, 15) is 18.1 Å². The van der Waals surface area contributed by atoms with Gasteiger partial charge in [-0.1, -0.05) is 19.3 Å². The molecule has 0 saturated heterocycles. The second kappa shape index (κ2) is 6.29. The van der Waals surface area contributed by atoms with Crippen LogP contribution < -0.4 is 4.72 Å². The summed E-state index contributed by atoms with van der Waals surface area (Å²) in [7, 11) is -3.92. The summed E-state index contributed by atoms with van der Waals surface area (Å²) in [6, 6.07) is 2.13. The minimum absolute atomic E-state index is 0.0186. The number of sulfonamides is 1. The van der Waals surface area contributed by atoms with E-state index in [0.717, 1.165) is 50.6 Å². The van der Waals surface area contributed by atoms with Crippen LogP contribution in [0.25, 0.3) is 0 Å². The molecule has 1 aromatic heterocycles. The predicted octanol–water partition coefficient (Wildman–Crippen LogP) is 1.97. The zero-order valence-corrected chi connectivity index (χ0v) is 11.7. The van der Waals surface area contributed by atoms with Crippen molar-refractivity contribution in [2.75, 3.05) is 0 Å². The van der Waals surface area contributed by atoms with Crippen LogP contribution in [0, 0.1) is 23.1 Å². The summed E-state index contributed by atoms with van der Waals surface area (Å²) in [4.78, 5) is 3.26. The van der Waals surface area contributed by atoms with Crippen LogP contribution in [0.1, 0.15) is 32.1 Å². The van der Waals surface area contributed by atoms with Gasteiger partial charge in [-0.15, -0.1) is 0 Å². The highest BCUT2D eigenvalue weighted by Crippen LogP contribution is 2.27. The number of hydrogen-bond donors (Lipinski definition) is 1. The molecule has 1 heterocycles. The van der Waals surface area contributed by atoms with Gasteiger partial charge in [0.1, 0.15) is 16.8 Å². The van der Waals surface area contributed by atoms with Crippen molar-refractivity contribution in [1.29, 1.82) is 5.26 Å². The average molecular weight is 297 g/mol. The van der Waals surface area contributed by atoms with E-state index in [1.807, 2.05) is 6.07 Å². The molecule has 0 aliphatic heterocycles. The third-order valence-electron chi connectivity index (χ3n) is 3.53. The van der Waals surface area contributed by atoms with Crippen molar-refractivity contribution in [2.45, 2.75) is 43.0 Å². The fourth-order valence-electron chi connectivity index (χ4n) is 2.47. The molecule has 0 spiro atoms. The summed E-state index contributed by atoms with van der Waals surface area (Å²) in [5, 5.41) is 9.18. The van der Waals surface area contributed by atoms with Crippen molar-refractivity contribution < 1.29 is 12.8 Å². The topological polar surface area (TPSA) is 82.9 Å². The van der Waals surface area contributed by atoms with Crippen LogP contribution in [0.2, 0.25) is 0 Å². The smallest absolute Gasteiger partial charge is 0.243 e.